The van der Waals surface area contributed by atoms with E-state index in [-0.39, 0.29) is 0 Å². The minimum Gasteiger partial charge on any atom is -0.324 e. The fraction of sp³-hybridized carbons (Fsp3) is 0.750. The number of hydrogen-bond acceptors (Lipinski definition) is 6. The molecule has 17 heavy (non-hydrogen) atoms. The fourth-order valence-corrected chi connectivity index (χ4v) is 2.01. The topological polar surface area (TPSA) is 170 Å². The number of ketones is 2. The second kappa shape index (κ2) is 5.34. The third-order valence-electron chi connectivity index (χ3n) is 2.47. The Balaban J connectivity index is 5.60. The third kappa shape index (κ3) is 2.98. The maximum absolute atomic E-state index is 11.8. The molecule has 0 aromatic carbocycles. The van der Waals surface area contributed by atoms with Crippen molar-refractivity contribution in [2.24, 2.45) is 23.1 Å². The molecule has 9 heteroatoms. The predicted molar refractivity (Wildman–Crippen MR) is 60.8 cm³/mol. The predicted octanol–water partition coefficient (Wildman–Crippen LogP) is -2.10. The van der Waals surface area contributed by atoms with E-state index in [4.69, 9.17) is 27.0 Å². The zero-order valence-corrected chi connectivity index (χ0v) is 10.6. The zero-order valence-electron chi connectivity index (χ0n) is 9.66. The summed E-state index contributed by atoms with van der Waals surface area (Å²) in [5.74, 6) is -2.84. The molecular weight excluding hydrogens is 249 g/mol. The zero-order chi connectivity index (χ0) is 14.0. The Morgan fingerprint density at radius 1 is 1.35 bits per heavy atom. The van der Waals surface area contributed by atoms with E-state index in [9.17, 15) is 14.2 Å². The Morgan fingerprint density at radius 3 is 2.00 bits per heavy atom. The minimum absolute atomic E-state index is 0.414. The van der Waals surface area contributed by atoms with E-state index >= 15 is 0 Å². The summed E-state index contributed by atoms with van der Waals surface area (Å²) in [7, 11) is -5.19. The van der Waals surface area contributed by atoms with E-state index in [1.807, 2.05) is 0 Å². The first-order valence-electron chi connectivity index (χ1n) is 4.87. The Morgan fingerprint density at radius 2 is 1.76 bits per heavy atom. The summed E-state index contributed by atoms with van der Waals surface area (Å²) in [4.78, 5) is 41.4. The molecule has 8 nitrogen and oxygen atoms in total. The molecule has 0 aromatic heterocycles. The molecule has 0 amide bonds. The van der Waals surface area contributed by atoms with Gasteiger partial charge in [-0.3, -0.25) is 14.2 Å². The van der Waals surface area contributed by atoms with E-state index in [0.29, 0.717) is 0 Å². The summed E-state index contributed by atoms with van der Waals surface area (Å²) in [6, 6.07) is -1.25. The van der Waals surface area contributed by atoms with Gasteiger partial charge in [-0.1, -0.05) is 13.8 Å². The summed E-state index contributed by atoms with van der Waals surface area (Å²) < 4.78 is 11.2. The van der Waals surface area contributed by atoms with Crippen LogP contribution >= 0.6 is 7.60 Å². The van der Waals surface area contributed by atoms with Gasteiger partial charge >= 0.3 is 7.60 Å². The van der Waals surface area contributed by atoms with Crippen molar-refractivity contribution in [2.75, 3.05) is 6.54 Å². The van der Waals surface area contributed by atoms with Crippen molar-refractivity contribution in [3.8, 4) is 0 Å². The second-order valence-corrected chi connectivity index (χ2v) is 5.87. The SMILES string of the molecule is CC(C)[C@H](N)C(=O)C(N)(C(=O)CN)P(=O)(O)O. The Kier molecular flexibility index (Phi) is 5.15. The Labute approximate surface area is 98.7 Å². The molecular formula is C8H18N3O5P. The molecule has 0 aliphatic heterocycles. The smallest absolute Gasteiger partial charge is 0.324 e. The van der Waals surface area contributed by atoms with E-state index in [1.54, 1.807) is 13.8 Å². The lowest BCUT2D eigenvalue weighted by Gasteiger charge is -2.30. The van der Waals surface area contributed by atoms with Gasteiger partial charge in [0, 0.05) is 0 Å². The first-order chi connectivity index (χ1) is 7.50. The molecule has 0 saturated heterocycles. The van der Waals surface area contributed by atoms with Gasteiger partial charge < -0.3 is 27.0 Å². The van der Waals surface area contributed by atoms with Crippen LogP contribution < -0.4 is 17.2 Å². The van der Waals surface area contributed by atoms with Crippen molar-refractivity contribution in [2.45, 2.75) is 25.2 Å². The van der Waals surface area contributed by atoms with Gasteiger partial charge in [0.25, 0.3) is 0 Å². The van der Waals surface area contributed by atoms with Crippen LogP contribution in [0.3, 0.4) is 0 Å². The molecule has 0 aromatic rings. The fourth-order valence-electron chi connectivity index (χ4n) is 1.16. The number of rotatable bonds is 6. The van der Waals surface area contributed by atoms with Crippen LogP contribution in [0.25, 0.3) is 0 Å². The van der Waals surface area contributed by atoms with Gasteiger partial charge in [0.15, 0.2) is 11.6 Å². The highest BCUT2D eigenvalue weighted by molar-refractivity contribution is 7.56. The van der Waals surface area contributed by atoms with Crippen molar-refractivity contribution in [3.05, 3.63) is 0 Å². The lowest BCUT2D eigenvalue weighted by atomic mass is 9.94. The van der Waals surface area contributed by atoms with Crippen molar-refractivity contribution >= 4 is 19.2 Å². The van der Waals surface area contributed by atoms with Crippen LogP contribution in [0.5, 0.6) is 0 Å². The first-order valence-corrected chi connectivity index (χ1v) is 6.49. The van der Waals surface area contributed by atoms with Crippen LogP contribution in [-0.4, -0.2) is 39.2 Å². The largest absolute Gasteiger partial charge is 0.360 e. The molecule has 0 radical (unpaired) electrons. The second-order valence-electron chi connectivity index (χ2n) is 4.07. The number of hydrogen-bond donors (Lipinski definition) is 5. The average Bonchev–Trinajstić information content (AvgIpc) is 2.22. The number of Topliss-reactive ketones (excluding diaryl/α,β-unsaturated/α-hetero) is 2. The summed E-state index contributed by atoms with van der Waals surface area (Å²) in [6.07, 6.45) is 0. The minimum atomic E-state index is -5.19. The lowest BCUT2D eigenvalue weighted by Crippen LogP contribution is -2.62. The normalized spacial score (nSPS) is 17.6. The van der Waals surface area contributed by atoms with Crippen LogP contribution in [0.15, 0.2) is 0 Å². The molecule has 8 N–H and O–H groups in total. The molecule has 1 unspecified atom stereocenters. The number of carbonyl (C=O) groups excluding carboxylic acids is 2. The van der Waals surface area contributed by atoms with Crippen molar-refractivity contribution < 1.29 is 23.9 Å². The van der Waals surface area contributed by atoms with Gasteiger partial charge in [-0.05, 0) is 5.92 Å². The monoisotopic (exact) mass is 267 g/mol. The summed E-state index contributed by atoms with van der Waals surface area (Å²) in [6.45, 7) is 2.38. The van der Waals surface area contributed by atoms with Gasteiger partial charge in [0.1, 0.15) is 0 Å². The van der Waals surface area contributed by atoms with Crippen molar-refractivity contribution in [3.63, 3.8) is 0 Å². The van der Waals surface area contributed by atoms with Crippen molar-refractivity contribution in [1.82, 2.24) is 0 Å². The quantitative estimate of drug-likeness (QED) is 0.269. The van der Waals surface area contributed by atoms with E-state index < -0.39 is 42.9 Å². The molecule has 0 bridgehead atoms. The molecule has 100 valence electrons. The molecule has 0 saturated carbocycles. The van der Waals surface area contributed by atoms with E-state index in [0.717, 1.165) is 0 Å². The highest BCUT2D eigenvalue weighted by Crippen LogP contribution is 2.48. The van der Waals surface area contributed by atoms with Crippen LogP contribution in [0.2, 0.25) is 0 Å². The summed E-state index contributed by atoms with van der Waals surface area (Å²) in [5.41, 5.74) is 15.8. The van der Waals surface area contributed by atoms with Gasteiger partial charge in [-0.25, -0.2) is 0 Å². The highest BCUT2D eigenvalue weighted by Gasteiger charge is 2.57. The molecule has 0 aliphatic rings. The van der Waals surface area contributed by atoms with Gasteiger partial charge in [-0.15, -0.1) is 0 Å². The van der Waals surface area contributed by atoms with Gasteiger partial charge in [-0.2, -0.15) is 0 Å². The van der Waals surface area contributed by atoms with Gasteiger partial charge in [0.2, 0.25) is 5.28 Å². The molecule has 2 atom stereocenters. The number of carbonyl (C=O) groups is 2. The van der Waals surface area contributed by atoms with Gasteiger partial charge in [0.05, 0.1) is 12.6 Å². The van der Waals surface area contributed by atoms with E-state index in [1.165, 1.54) is 0 Å². The molecule has 0 fully saturated rings. The van der Waals surface area contributed by atoms with Crippen LogP contribution in [0.1, 0.15) is 13.8 Å². The number of nitrogens with two attached hydrogens (primary N) is 3. The third-order valence-corrected chi connectivity index (χ3v) is 3.86. The summed E-state index contributed by atoms with van der Waals surface area (Å²) in [5, 5.41) is -2.95. The standard InChI is InChI=1S/C8H18N3O5P/c1-4(2)6(10)7(13)8(11,5(12)3-9)17(14,15)16/h4,6H,3,9-11H2,1-2H3,(H2,14,15,16)/t6-,8?/m0/s1. The Hall–Kier alpha value is -0.630. The highest BCUT2D eigenvalue weighted by atomic mass is 31.2. The maximum Gasteiger partial charge on any atom is 0.360 e. The van der Waals surface area contributed by atoms with Crippen LogP contribution in [0, 0.1) is 5.92 Å². The molecule has 0 spiro atoms. The molecule has 0 heterocycles. The molecule has 0 aliphatic carbocycles. The Bertz CT molecular complexity index is 366. The lowest BCUT2D eigenvalue weighted by molar-refractivity contribution is -0.132. The van der Waals surface area contributed by atoms with E-state index in [2.05, 4.69) is 0 Å². The first kappa shape index (κ1) is 16.4. The maximum atomic E-state index is 11.8. The van der Waals surface area contributed by atoms with Crippen LogP contribution in [0.4, 0.5) is 0 Å². The average molecular weight is 267 g/mol. The summed E-state index contributed by atoms with van der Waals surface area (Å²) >= 11 is 0. The molecule has 0 rings (SSSR count). The van der Waals surface area contributed by atoms with Crippen LogP contribution in [-0.2, 0) is 14.2 Å². The van der Waals surface area contributed by atoms with Crippen molar-refractivity contribution in [1.29, 1.82) is 0 Å².